The number of allylic oxidation sites excluding steroid dienone is 1. The van der Waals surface area contributed by atoms with Crippen molar-refractivity contribution in [3.05, 3.63) is 131 Å². The van der Waals surface area contributed by atoms with Crippen molar-refractivity contribution in [3.8, 4) is 16.9 Å². The van der Waals surface area contributed by atoms with E-state index in [9.17, 15) is 9.59 Å². The van der Waals surface area contributed by atoms with Crippen molar-refractivity contribution in [1.29, 1.82) is 0 Å². The fourth-order valence-electron chi connectivity index (χ4n) is 3.18. The van der Waals surface area contributed by atoms with Gasteiger partial charge in [0.15, 0.2) is 5.78 Å². The molecule has 0 fully saturated rings. The zero-order chi connectivity index (χ0) is 22.3. The van der Waals surface area contributed by atoms with Crippen LogP contribution in [0.1, 0.15) is 26.3 Å². The van der Waals surface area contributed by atoms with E-state index < -0.39 is 5.97 Å². The van der Waals surface area contributed by atoms with Gasteiger partial charge in [-0.05, 0) is 53.6 Å². The number of hydrogen-bond acceptors (Lipinski definition) is 3. The molecular formula is C28H19ClO3. The Morgan fingerprint density at radius 1 is 0.656 bits per heavy atom. The standard InChI is InChI=1S/C28H19ClO3/c29-25-17-14-24(15-18-25)28(31)32-27-9-5-4-8-23(27)16-19-26(30)22-12-10-21(11-13-22)20-6-2-1-3-7-20/h1-19H. The summed E-state index contributed by atoms with van der Waals surface area (Å²) < 4.78 is 5.53. The lowest BCUT2D eigenvalue weighted by molar-refractivity contribution is 0.0734. The molecule has 156 valence electrons. The van der Waals surface area contributed by atoms with E-state index in [1.807, 2.05) is 60.7 Å². The number of esters is 1. The van der Waals surface area contributed by atoms with E-state index in [2.05, 4.69) is 0 Å². The first kappa shape index (κ1) is 21.3. The fraction of sp³-hybridized carbons (Fsp3) is 0. The Labute approximate surface area is 191 Å². The summed E-state index contributed by atoms with van der Waals surface area (Å²) in [5.74, 6) is -0.260. The van der Waals surface area contributed by atoms with Gasteiger partial charge in [-0.3, -0.25) is 4.79 Å². The van der Waals surface area contributed by atoms with Crippen molar-refractivity contribution in [2.75, 3.05) is 0 Å². The van der Waals surface area contributed by atoms with Gasteiger partial charge in [0.2, 0.25) is 0 Å². The van der Waals surface area contributed by atoms with E-state index in [0.29, 0.717) is 27.5 Å². The van der Waals surface area contributed by atoms with Crippen LogP contribution >= 0.6 is 11.6 Å². The second kappa shape index (κ2) is 9.90. The number of carbonyl (C=O) groups excluding carboxylic acids is 2. The molecule has 0 aliphatic carbocycles. The predicted octanol–water partition coefficient (Wildman–Crippen LogP) is 7.12. The lowest BCUT2D eigenvalue weighted by Gasteiger charge is -2.07. The van der Waals surface area contributed by atoms with Crippen LogP contribution in [0.15, 0.2) is 109 Å². The van der Waals surface area contributed by atoms with Gasteiger partial charge in [0, 0.05) is 16.1 Å². The molecule has 0 saturated carbocycles. The van der Waals surface area contributed by atoms with E-state index in [1.54, 1.807) is 48.5 Å². The Balaban J connectivity index is 1.48. The largest absolute Gasteiger partial charge is 0.422 e. The molecule has 0 N–H and O–H groups in total. The zero-order valence-electron chi connectivity index (χ0n) is 17.1. The summed E-state index contributed by atoms with van der Waals surface area (Å²) in [5, 5.41) is 0.542. The molecule has 0 aliphatic heterocycles. The number of carbonyl (C=O) groups is 2. The van der Waals surface area contributed by atoms with Crippen LogP contribution in [0.2, 0.25) is 5.02 Å². The normalized spacial score (nSPS) is 10.8. The first-order valence-electron chi connectivity index (χ1n) is 10.0. The van der Waals surface area contributed by atoms with Crippen LogP contribution in [-0.2, 0) is 0 Å². The molecule has 4 heteroatoms. The van der Waals surface area contributed by atoms with E-state index in [-0.39, 0.29) is 5.78 Å². The second-order valence-electron chi connectivity index (χ2n) is 7.08. The van der Waals surface area contributed by atoms with Gasteiger partial charge in [-0.15, -0.1) is 0 Å². The quantitative estimate of drug-likeness (QED) is 0.139. The molecule has 4 aromatic carbocycles. The Bertz CT molecular complexity index is 1260. The molecule has 0 saturated heterocycles. The molecule has 4 rings (SSSR count). The van der Waals surface area contributed by atoms with Crippen molar-refractivity contribution in [2.24, 2.45) is 0 Å². The van der Waals surface area contributed by atoms with Crippen LogP contribution in [0.5, 0.6) is 5.75 Å². The van der Waals surface area contributed by atoms with Gasteiger partial charge in [-0.1, -0.05) is 84.4 Å². The third-order valence-corrected chi connectivity index (χ3v) is 5.14. The molecule has 0 radical (unpaired) electrons. The highest BCUT2D eigenvalue weighted by Crippen LogP contribution is 2.23. The topological polar surface area (TPSA) is 43.4 Å². The van der Waals surface area contributed by atoms with E-state index >= 15 is 0 Å². The van der Waals surface area contributed by atoms with Gasteiger partial charge in [0.1, 0.15) is 5.75 Å². The molecule has 3 nitrogen and oxygen atoms in total. The molecule has 0 aliphatic rings. The van der Waals surface area contributed by atoms with E-state index in [4.69, 9.17) is 16.3 Å². The fourth-order valence-corrected chi connectivity index (χ4v) is 3.30. The number of rotatable bonds is 6. The minimum atomic E-state index is -0.495. The molecule has 0 spiro atoms. The monoisotopic (exact) mass is 438 g/mol. The molecule has 0 aromatic heterocycles. The van der Waals surface area contributed by atoms with Crippen molar-refractivity contribution in [1.82, 2.24) is 0 Å². The summed E-state index contributed by atoms with van der Waals surface area (Å²) in [6, 6.07) is 31.0. The van der Waals surface area contributed by atoms with Gasteiger partial charge in [0.25, 0.3) is 0 Å². The number of ketones is 1. The molecule has 0 heterocycles. The number of ether oxygens (including phenoxy) is 1. The van der Waals surface area contributed by atoms with Gasteiger partial charge < -0.3 is 4.74 Å². The maximum Gasteiger partial charge on any atom is 0.343 e. The maximum atomic E-state index is 12.6. The first-order chi connectivity index (χ1) is 15.6. The van der Waals surface area contributed by atoms with Crippen LogP contribution in [0.3, 0.4) is 0 Å². The average molecular weight is 439 g/mol. The lowest BCUT2D eigenvalue weighted by Crippen LogP contribution is -2.09. The summed E-state index contributed by atoms with van der Waals surface area (Å²) >= 11 is 5.87. The van der Waals surface area contributed by atoms with Crippen molar-refractivity contribution < 1.29 is 14.3 Å². The number of halogens is 1. The molecule has 0 amide bonds. The van der Waals surface area contributed by atoms with E-state index in [0.717, 1.165) is 11.1 Å². The van der Waals surface area contributed by atoms with Crippen molar-refractivity contribution in [3.63, 3.8) is 0 Å². The average Bonchev–Trinajstić information content (AvgIpc) is 2.84. The van der Waals surface area contributed by atoms with Crippen molar-refractivity contribution in [2.45, 2.75) is 0 Å². The number of hydrogen-bond donors (Lipinski definition) is 0. The van der Waals surface area contributed by atoms with Gasteiger partial charge in [-0.2, -0.15) is 0 Å². The second-order valence-corrected chi connectivity index (χ2v) is 7.51. The minimum absolute atomic E-state index is 0.136. The SMILES string of the molecule is O=C(C=Cc1ccccc1OC(=O)c1ccc(Cl)cc1)c1ccc(-c2ccccc2)cc1. The van der Waals surface area contributed by atoms with Gasteiger partial charge in [-0.25, -0.2) is 4.79 Å². The molecule has 0 atom stereocenters. The summed E-state index contributed by atoms with van der Waals surface area (Å²) in [7, 11) is 0. The Kier molecular flexibility index (Phi) is 6.59. The van der Waals surface area contributed by atoms with E-state index in [1.165, 1.54) is 6.08 Å². The Morgan fingerprint density at radius 3 is 1.97 bits per heavy atom. The van der Waals surface area contributed by atoms with Crippen LogP contribution < -0.4 is 4.74 Å². The maximum absolute atomic E-state index is 12.6. The summed E-state index contributed by atoms with van der Waals surface area (Å²) in [6.07, 6.45) is 3.13. The first-order valence-corrected chi connectivity index (χ1v) is 10.4. The number of para-hydroxylation sites is 1. The van der Waals surface area contributed by atoms with Crippen LogP contribution in [0, 0.1) is 0 Å². The zero-order valence-corrected chi connectivity index (χ0v) is 17.8. The highest BCUT2D eigenvalue weighted by molar-refractivity contribution is 6.30. The van der Waals surface area contributed by atoms with Crippen LogP contribution in [0.25, 0.3) is 17.2 Å². The molecule has 0 bridgehead atoms. The smallest absolute Gasteiger partial charge is 0.343 e. The Hall–Kier alpha value is -3.95. The minimum Gasteiger partial charge on any atom is -0.422 e. The van der Waals surface area contributed by atoms with Gasteiger partial charge in [0.05, 0.1) is 5.56 Å². The van der Waals surface area contributed by atoms with Crippen LogP contribution in [-0.4, -0.2) is 11.8 Å². The molecule has 32 heavy (non-hydrogen) atoms. The summed E-state index contributed by atoms with van der Waals surface area (Å²) in [4.78, 5) is 25.1. The Morgan fingerprint density at radius 2 is 1.25 bits per heavy atom. The predicted molar refractivity (Wildman–Crippen MR) is 128 cm³/mol. The highest BCUT2D eigenvalue weighted by Gasteiger charge is 2.11. The third-order valence-electron chi connectivity index (χ3n) is 4.89. The molecular weight excluding hydrogens is 420 g/mol. The highest BCUT2D eigenvalue weighted by atomic mass is 35.5. The summed E-state index contributed by atoms with van der Waals surface area (Å²) in [5.41, 5.74) is 3.74. The summed E-state index contributed by atoms with van der Waals surface area (Å²) in [6.45, 7) is 0. The van der Waals surface area contributed by atoms with Crippen molar-refractivity contribution >= 4 is 29.4 Å². The van der Waals surface area contributed by atoms with Crippen LogP contribution in [0.4, 0.5) is 0 Å². The molecule has 0 unspecified atom stereocenters. The molecule has 4 aromatic rings. The van der Waals surface area contributed by atoms with Gasteiger partial charge >= 0.3 is 5.97 Å². The third kappa shape index (κ3) is 5.20. The number of benzene rings is 4. The lowest BCUT2D eigenvalue weighted by atomic mass is 10.0.